The van der Waals surface area contributed by atoms with Gasteiger partial charge >= 0.3 is 5.97 Å². The molecular formula is C11H11N3O3S. The molecule has 6 nitrogen and oxygen atoms in total. The number of carbonyl (C=O) groups is 2. The lowest BCUT2D eigenvalue weighted by molar-refractivity contribution is 0.0687. The molecule has 2 aromatic rings. The van der Waals surface area contributed by atoms with Crippen LogP contribution >= 0.6 is 11.3 Å². The second kappa shape index (κ2) is 4.69. The third kappa shape index (κ3) is 2.17. The highest BCUT2D eigenvalue weighted by Crippen LogP contribution is 2.28. The molecule has 0 radical (unpaired) electrons. The maximum atomic E-state index is 11.4. The lowest BCUT2D eigenvalue weighted by Crippen LogP contribution is -2.03. The van der Waals surface area contributed by atoms with Gasteiger partial charge < -0.3 is 5.11 Å². The number of ketones is 1. The van der Waals surface area contributed by atoms with Gasteiger partial charge in [0.2, 0.25) is 0 Å². The van der Waals surface area contributed by atoms with Gasteiger partial charge in [0, 0.05) is 25.2 Å². The quantitative estimate of drug-likeness (QED) is 0.854. The highest BCUT2D eigenvalue weighted by atomic mass is 32.1. The number of carbonyl (C=O) groups excluding carboxylic acids is 1. The molecule has 0 spiro atoms. The van der Waals surface area contributed by atoms with Crippen molar-refractivity contribution in [1.82, 2.24) is 14.8 Å². The maximum absolute atomic E-state index is 11.4. The Labute approximate surface area is 107 Å². The Morgan fingerprint density at radius 1 is 1.50 bits per heavy atom. The largest absolute Gasteiger partial charge is 0.476 e. The molecule has 94 valence electrons. The number of hydrogen-bond donors (Lipinski definition) is 1. The Balaban J connectivity index is 2.49. The summed E-state index contributed by atoms with van der Waals surface area (Å²) < 4.78 is 1.71. The summed E-state index contributed by atoms with van der Waals surface area (Å²) in [5, 5.41) is 13.6. The van der Waals surface area contributed by atoms with Gasteiger partial charge in [-0.05, 0) is 6.92 Å². The second-order valence-corrected chi connectivity index (χ2v) is 4.64. The molecule has 0 saturated heterocycles. The van der Waals surface area contributed by atoms with Crippen LogP contribution in [0.1, 0.15) is 34.0 Å². The fraction of sp³-hybridized carbons (Fsp3) is 0.273. The topological polar surface area (TPSA) is 85.1 Å². The molecule has 0 aliphatic carbocycles. The standard InChI is InChI=1S/C11H11N3O3S/c1-3-14-5-7(4-12-14)10-13-8(11(16)17)9(18-10)6(2)15/h4-5H,3H2,1-2H3,(H,16,17). The van der Waals surface area contributed by atoms with E-state index in [-0.39, 0.29) is 16.4 Å². The van der Waals surface area contributed by atoms with E-state index in [9.17, 15) is 9.59 Å². The zero-order chi connectivity index (χ0) is 13.3. The number of aromatic carboxylic acids is 1. The van der Waals surface area contributed by atoms with Crippen LogP contribution in [0.5, 0.6) is 0 Å². The van der Waals surface area contributed by atoms with E-state index in [0.717, 1.165) is 23.4 Å². The van der Waals surface area contributed by atoms with E-state index in [0.29, 0.717) is 5.01 Å². The molecule has 0 saturated carbocycles. The molecule has 2 aromatic heterocycles. The van der Waals surface area contributed by atoms with Crippen LogP contribution in [0.3, 0.4) is 0 Å². The predicted octanol–water partition coefficient (Wildman–Crippen LogP) is 1.93. The van der Waals surface area contributed by atoms with Gasteiger partial charge in [-0.25, -0.2) is 9.78 Å². The molecule has 0 aliphatic rings. The summed E-state index contributed by atoms with van der Waals surface area (Å²) in [6, 6.07) is 0. The molecule has 2 heterocycles. The molecule has 0 aromatic carbocycles. The molecule has 0 amide bonds. The van der Waals surface area contributed by atoms with Crippen LogP contribution in [-0.2, 0) is 6.54 Å². The monoisotopic (exact) mass is 265 g/mol. The van der Waals surface area contributed by atoms with Crippen LogP contribution in [-0.4, -0.2) is 31.6 Å². The Morgan fingerprint density at radius 3 is 2.67 bits per heavy atom. The van der Waals surface area contributed by atoms with Gasteiger partial charge in [-0.15, -0.1) is 11.3 Å². The molecule has 0 atom stereocenters. The van der Waals surface area contributed by atoms with E-state index in [1.54, 1.807) is 17.1 Å². The first kappa shape index (κ1) is 12.4. The Hall–Kier alpha value is -2.02. The lowest BCUT2D eigenvalue weighted by atomic mass is 10.3. The zero-order valence-electron chi connectivity index (χ0n) is 9.88. The first-order valence-corrected chi connectivity index (χ1v) is 6.12. The molecule has 1 N–H and O–H groups in total. The predicted molar refractivity (Wildman–Crippen MR) is 66.0 cm³/mol. The van der Waals surface area contributed by atoms with Gasteiger partial charge in [0.1, 0.15) is 9.88 Å². The fourth-order valence-electron chi connectivity index (χ4n) is 1.47. The first-order chi connectivity index (χ1) is 8.52. The summed E-state index contributed by atoms with van der Waals surface area (Å²) in [4.78, 5) is 26.5. The highest BCUT2D eigenvalue weighted by molar-refractivity contribution is 7.17. The van der Waals surface area contributed by atoms with Crippen molar-refractivity contribution in [3.8, 4) is 10.6 Å². The Morgan fingerprint density at radius 2 is 2.22 bits per heavy atom. The van der Waals surface area contributed by atoms with Crippen molar-refractivity contribution in [2.45, 2.75) is 20.4 Å². The minimum absolute atomic E-state index is 0.168. The number of rotatable bonds is 4. The summed E-state index contributed by atoms with van der Waals surface area (Å²) in [5.41, 5.74) is 0.531. The van der Waals surface area contributed by atoms with Crippen LogP contribution in [0, 0.1) is 0 Å². The van der Waals surface area contributed by atoms with Gasteiger partial charge in [-0.2, -0.15) is 5.10 Å². The molecule has 0 fully saturated rings. The van der Waals surface area contributed by atoms with Crippen LogP contribution in [0.25, 0.3) is 10.6 Å². The Bertz CT molecular complexity index is 583. The number of aromatic nitrogens is 3. The van der Waals surface area contributed by atoms with Crippen molar-refractivity contribution < 1.29 is 14.7 Å². The molecule has 18 heavy (non-hydrogen) atoms. The van der Waals surface area contributed by atoms with Crippen molar-refractivity contribution in [1.29, 1.82) is 0 Å². The minimum Gasteiger partial charge on any atom is -0.476 e. The smallest absolute Gasteiger partial charge is 0.356 e. The summed E-state index contributed by atoms with van der Waals surface area (Å²) in [6.07, 6.45) is 3.38. The molecule has 0 bridgehead atoms. The molecule has 0 aliphatic heterocycles. The van der Waals surface area contributed by atoms with Crippen molar-refractivity contribution in [3.05, 3.63) is 23.0 Å². The molecule has 7 heteroatoms. The average Bonchev–Trinajstić information content (AvgIpc) is 2.95. The van der Waals surface area contributed by atoms with E-state index in [1.165, 1.54) is 6.92 Å². The molecule has 2 rings (SSSR count). The summed E-state index contributed by atoms with van der Waals surface area (Å²) >= 11 is 1.08. The van der Waals surface area contributed by atoms with Gasteiger partial charge in [-0.3, -0.25) is 9.48 Å². The Kier molecular flexibility index (Phi) is 3.24. The normalized spacial score (nSPS) is 10.6. The number of carboxylic acid groups (broad SMARTS) is 1. The van der Waals surface area contributed by atoms with E-state index >= 15 is 0 Å². The van der Waals surface area contributed by atoms with Crippen LogP contribution in [0.4, 0.5) is 0 Å². The first-order valence-electron chi connectivity index (χ1n) is 5.30. The van der Waals surface area contributed by atoms with Crippen molar-refractivity contribution >= 4 is 23.1 Å². The van der Waals surface area contributed by atoms with Gasteiger partial charge in [0.05, 0.1) is 6.20 Å². The van der Waals surface area contributed by atoms with E-state index < -0.39 is 5.97 Å². The summed E-state index contributed by atoms with van der Waals surface area (Å²) in [5.74, 6) is -1.48. The van der Waals surface area contributed by atoms with E-state index in [4.69, 9.17) is 5.11 Å². The third-order valence-electron chi connectivity index (χ3n) is 2.35. The number of carboxylic acids is 1. The van der Waals surface area contributed by atoms with Gasteiger partial charge in [-0.1, -0.05) is 0 Å². The van der Waals surface area contributed by atoms with Crippen molar-refractivity contribution in [2.24, 2.45) is 0 Å². The number of aryl methyl sites for hydroxylation is 1. The number of nitrogens with zero attached hydrogens (tertiary/aromatic N) is 3. The van der Waals surface area contributed by atoms with Crippen LogP contribution in [0.15, 0.2) is 12.4 Å². The molecule has 0 unspecified atom stereocenters. The number of hydrogen-bond acceptors (Lipinski definition) is 5. The third-order valence-corrected chi connectivity index (χ3v) is 3.56. The highest BCUT2D eigenvalue weighted by Gasteiger charge is 2.21. The summed E-state index contributed by atoms with van der Waals surface area (Å²) in [7, 11) is 0. The fourth-order valence-corrected chi connectivity index (χ4v) is 2.40. The average molecular weight is 265 g/mol. The van der Waals surface area contributed by atoms with Crippen LogP contribution < -0.4 is 0 Å². The zero-order valence-corrected chi connectivity index (χ0v) is 10.7. The van der Waals surface area contributed by atoms with Gasteiger partial charge in [0.15, 0.2) is 11.5 Å². The SMILES string of the molecule is CCn1cc(-c2nc(C(=O)O)c(C(C)=O)s2)cn1. The van der Waals surface area contributed by atoms with E-state index in [2.05, 4.69) is 10.1 Å². The minimum atomic E-state index is -1.19. The summed E-state index contributed by atoms with van der Waals surface area (Å²) in [6.45, 7) is 4.00. The van der Waals surface area contributed by atoms with E-state index in [1.807, 2.05) is 6.92 Å². The molecular weight excluding hydrogens is 254 g/mol. The lowest BCUT2D eigenvalue weighted by Gasteiger charge is -1.90. The number of thiazole rings is 1. The van der Waals surface area contributed by atoms with Crippen molar-refractivity contribution in [2.75, 3.05) is 0 Å². The van der Waals surface area contributed by atoms with Crippen LogP contribution in [0.2, 0.25) is 0 Å². The maximum Gasteiger partial charge on any atom is 0.356 e. The van der Waals surface area contributed by atoms with Gasteiger partial charge in [0.25, 0.3) is 0 Å². The number of Topliss-reactive ketones (excluding diaryl/α,β-unsaturated/α-hetero) is 1. The second-order valence-electron chi connectivity index (χ2n) is 3.64. The van der Waals surface area contributed by atoms with Crippen molar-refractivity contribution in [3.63, 3.8) is 0 Å².